The number of carboxylic acids is 1. The summed E-state index contributed by atoms with van der Waals surface area (Å²) in [5.74, 6) is -2.23. The fraction of sp³-hybridized carbons (Fsp3) is 0.462. The number of benzene rings is 1. The van der Waals surface area contributed by atoms with Gasteiger partial charge in [-0.25, -0.2) is 17.6 Å². The minimum absolute atomic E-state index is 0.252. The first kappa shape index (κ1) is 16.6. The molecule has 0 unspecified atom stereocenters. The second-order valence-corrected chi connectivity index (χ2v) is 6.26. The van der Waals surface area contributed by atoms with Crippen LogP contribution in [0.15, 0.2) is 23.1 Å². The molecule has 1 rings (SSSR count). The van der Waals surface area contributed by atoms with Crippen LogP contribution in [0, 0.1) is 5.82 Å². The number of aromatic carboxylic acids is 1. The number of carbonyl (C=O) groups is 1. The fourth-order valence-corrected chi connectivity index (χ4v) is 3.54. The Labute approximate surface area is 118 Å². The lowest BCUT2D eigenvalue weighted by molar-refractivity contribution is 0.0696. The Kier molecular flexibility index (Phi) is 5.64. The third-order valence-corrected chi connectivity index (χ3v) is 4.66. The molecule has 0 spiro atoms. The van der Waals surface area contributed by atoms with E-state index < -0.39 is 26.7 Å². The molecule has 20 heavy (non-hydrogen) atoms. The highest BCUT2D eigenvalue weighted by molar-refractivity contribution is 7.89. The van der Waals surface area contributed by atoms with Crippen molar-refractivity contribution in [2.45, 2.75) is 31.6 Å². The van der Waals surface area contributed by atoms with E-state index in [1.807, 2.05) is 13.8 Å². The molecule has 0 atom stereocenters. The minimum Gasteiger partial charge on any atom is -0.478 e. The summed E-state index contributed by atoms with van der Waals surface area (Å²) in [5.41, 5.74) is -0.252. The average molecular weight is 303 g/mol. The van der Waals surface area contributed by atoms with Gasteiger partial charge in [0.25, 0.3) is 0 Å². The van der Waals surface area contributed by atoms with Crippen molar-refractivity contribution >= 4 is 16.0 Å². The number of hydrogen-bond acceptors (Lipinski definition) is 3. The zero-order valence-electron chi connectivity index (χ0n) is 11.5. The zero-order valence-corrected chi connectivity index (χ0v) is 12.3. The van der Waals surface area contributed by atoms with Gasteiger partial charge >= 0.3 is 5.97 Å². The molecule has 0 heterocycles. The van der Waals surface area contributed by atoms with E-state index in [1.54, 1.807) is 0 Å². The molecule has 112 valence electrons. The van der Waals surface area contributed by atoms with Crippen LogP contribution < -0.4 is 0 Å². The first-order valence-electron chi connectivity index (χ1n) is 6.37. The quantitative estimate of drug-likeness (QED) is 0.839. The fourth-order valence-electron chi connectivity index (χ4n) is 1.82. The van der Waals surface area contributed by atoms with Crippen molar-refractivity contribution in [3.63, 3.8) is 0 Å². The molecule has 0 saturated heterocycles. The van der Waals surface area contributed by atoms with Crippen molar-refractivity contribution in [1.82, 2.24) is 4.31 Å². The van der Waals surface area contributed by atoms with Gasteiger partial charge in [0, 0.05) is 13.1 Å². The van der Waals surface area contributed by atoms with E-state index in [2.05, 4.69) is 0 Å². The van der Waals surface area contributed by atoms with Crippen molar-refractivity contribution in [1.29, 1.82) is 0 Å². The normalized spacial score (nSPS) is 11.8. The lowest BCUT2D eigenvalue weighted by atomic mass is 10.2. The largest absolute Gasteiger partial charge is 0.478 e. The van der Waals surface area contributed by atoms with Gasteiger partial charge in [0.1, 0.15) is 10.7 Å². The van der Waals surface area contributed by atoms with E-state index in [4.69, 9.17) is 5.11 Å². The van der Waals surface area contributed by atoms with Gasteiger partial charge in [0.05, 0.1) is 5.56 Å². The van der Waals surface area contributed by atoms with Crippen LogP contribution in [-0.2, 0) is 10.0 Å². The molecule has 0 aliphatic rings. The minimum atomic E-state index is -4.02. The van der Waals surface area contributed by atoms with E-state index in [9.17, 15) is 17.6 Å². The van der Waals surface area contributed by atoms with Crippen LogP contribution >= 0.6 is 0 Å². The summed E-state index contributed by atoms with van der Waals surface area (Å²) in [6.45, 7) is 4.18. The Morgan fingerprint density at radius 1 is 1.25 bits per heavy atom. The van der Waals surface area contributed by atoms with E-state index in [0.717, 1.165) is 18.2 Å². The topological polar surface area (TPSA) is 74.7 Å². The first-order chi connectivity index (χ1) is 9.34. The summed E-state index contributed by atoms with van der Waals surface area (Å²) in [7, 11) is -4.02. The number of rotatable bonds is 7. The van der Waals surface area contributed by atoms with E-state index in [0.29, 0.717) is 12.8 Å². The highest BCUT2D eigenvalue weighted by atomic mass is 32.2. The van der Waals surface area contributed by atoms with Gasteiger partial charge in [-0.2, -0.15) is 4.31 Å². The summed E-state index contributed by atoms with van der Waals surface area (Å²) >= 11 is 0. The van der Waals surface area contributed by atoms with Crippen LogP contribution in [0.4, 0.5) is 4.39 Å². The maximum Gasteiger partial charge on any atom is 0.335 e. The van der Waals surface area contributed by atoms with Crippen molar-refractivity contribution in [3.8, 4) is 0 Å². The maximum absolute atomic E-state index is 13.8. The molecule has 0 aliphatic heterocycles. The molecular weight excluding hydrogens is 285 g/mol. The summed E-state index contributed by atoms with van der Waals surface area (Å²) < 4.78 is 39.8. The number of nitrogens with zero attached hydrogens (tertiary/aromatic N) is 1. The molecule has 0 radical (unpaired) electrons. The van der Waals surface area contributed by atoms with E-state index in [-0.39, 0.29) is 18.7 Å². The summed E-state index contributed by atoms with van der Waals surface area (Å²) in [6, 6.07) is 2.78. The lowest BCUT2D eigenvalue weighted by Gasteiger charge is -2.21. The van der Waals surface area contributed by atoms with Gasteiger partial charge in [0.2, 0.25) is 10.0 Å². The molecule has 7 heteroatoms. The molecule has 0 aliphatic carbocycles. The monoisotopic (exact) mass is 303 g/mol. The Balaban J connectivity index is 3.32. The summed E-state index contributed by atoms with van der Waals surface area (Å²) in [4.78, 5) is 10.3. The SMILES string of the molecule is CCCN(CCC)S(=O)(=O)c1cc(C(=O)O)ccc1F. The molecule has 0 fully saturated rings. The van der Waals surface area contributed by atoms with Crippen molar-refractivity contribution in [3.05, 3.63) is 29.6 Å². The number of halogens is 1. The number of carboxylic acid groups (broad SMARTS) is 1. The lowest BCUT2D eigenvalue weighted by Crippen LogP contribution is -2.33. The predicted octanol–water partition coefficient (Wildman–Crippen LogP) is 2.33. The molecular formula is C13H18FNO4S. The molecule has 0 saturated carbocycles. The average Bonchev–Trinajstić information content (AvgIpc) is 2.38. The molecule has 1 aromatic rings. The van der Waals surface area contributed by atoms with Crippen LogP contribution in [0.25, 0.3) is 0 Å². The molecule has 0 amide bonds. The Morgan fingerprint density at radius 2 is 1.80 bits per heavy atom. The molecule has 1 aromatic carbocycles. The van der Waals surface area contributed by atoms with Crippen molar-refractivity contribution in [2.75, 3.05) is 13.1 Å². The van der Waals surface area contributed by atoms with Gasteiger partial charge in [-0.15, -0.1) is 0 Å². The third-order valence-electron chi connectivity index (χ3n) is 2.74. The standard InChI is InChI=1S/C13H18FNO4S/c1-3-7-15(8-4-2)20(18,19)12-9-10(13(16)17)5-6-11(12)14/h5-6,9H,3-4,7-8H2,1-2H3,(H,16,17). The summed E-state index contributed by atoms with van der Waals surface area (Å²) in [6.07, 6.45) is 1.19. The molecule has 1 N–H and O–H groups in total. The van der Waals surface area contributed by atoms with E-state index >= 15 is 0 Å². The highest BCUT2D eigenvalue weighted by Crippen LogP contribution is 2.21. The second-order valence-electron chi connectivity index (χ2n) is 4.35. The molecule has 0 aromatic heterocycles. The smallest absolute Gasteiger partial charge is 0.335 e. The van der Waals surface area contributed by atoms with Crippen molar-refractivity contribution < 1.29 is 22.7 Å². The van der Waals surface area contributed by atoms with Gasteiger partial charge < -0.3 is 5.11 Å². The molecule has 0 bridgehead atoms. The van der Waals surface area contributed by atoms with Gasteiger partial charge in [-0.1, -0.05) is 13.8 Å². The van der Waals surface area contributed by atoms with Crippen LogP contribution in [0.3, 0.4) is 0 Å². The van der Waals surface area contributed by atoms with Crippen LogP contribution in [0.1, 0.15) is 37.0 Å². The van der Waals surface area contributed by atoms with Gasteiger partial charge in [0.15, 0.2) is 0 Å². The Bertz CT molecular complexity index is 580. The van der Waals surface area contributed by atoms with Gasteiger partial charge in [-0.3, -0.25) is 0 Å². The first-order valence-corrected chi connectivity index (χ1v) is 7.81. The highest BCUT2D eigenvalue weighted by Gasteiger charge is 2.27. The zero-order chi connectivity index (χ0) is 15.3. The van der Waals surface area contributed by atoms with Crippen LogP contribution in [-0.4, -0.2) is 36.9 Å². The third kappa shape index (κ3) is 3.55. The predicted molar refractivity (Wildman–Crippen MR) is 72.7 cm³/mol. The van der Waals surface area contributed by atoms with Crippen LogP contribution in [0.5, 0.6) is 0 Å². The maximum atomic E-state index is 13.8. The summed E-state index contributed by atoms with van der Waals surface area (Å²) in [5, 5.41) is 8.88. The Hall–Kier alpha value is -1.47. The number of sulfonamides is 1. The van der Waals surface area contributed by atoms with E-state index in [1.165, 1.54) is 4.31 Å². The Morgan fingerprint density at radius 3 is 2.25 bits per heavy atom. The van der Waals surface area contributed by atoms with Gasteiger partial charge in [-0.05, 0) is 31.0 Å². The van der Waals surface area contributed by atoms with Crippen LogP contribution in [0.2, 0.25) is 0 Å². The number of hydrogen-bond donors (Lipinski definition) is 1. The van der Waals surface area contributed by atoms with Crippen molar-refractivity contribution in [2.24, 2.45) is 0 Å². The second kappa shape index (κ2) is 6.81. The molecule has 5 nitrogen and oxygen atoms in total.